The molecule has 11 heteroatoms. The molecule has 8 nitrogen and oxygen atoms in total. The number of rotatable bonds is 5. The molecule has 0 radical (unpaired) electrons. The number of hydrogen-bond acceptors (Lipinski definition) is 5. The lowest BCUT2D eigenvalue weighted by molar-refractivity contribution is -0.144. The van der Waals surface area contributed by atoms with Gasteiger partial charge in [0.1, 0.15) is 0 Å². The molecule has 0 fully saturated rings. The largest absolute Gasteiger partial charge is 0.453 e. The minimum Gasteiger partial charge on any atom is -0.326 e. The van der Waals surface area contributed by atoms with Crippen LogP contribution in [-0.2, 0) is 22.2 Å². The number of carbonyl (C=O) groups excluding carboxylic acids is 2. The van der Waals surface area contributed by atoms with E-state index in [0.717, 1.165) is 10.1 Å². The van der Waals surface area contributed by atoms with Crippen LogP contribution in [0.5, 0.6) is 0 Å². The van der Waals surface area contributed by atoms with Crippen LogP contribution < -0.4 is 10.6 Å². The standard InChI is InChI=1S/C20H21F3N6O2/c1-10-5-6-14(9-16(10)25-13(4)30)26-17(31)8-7-15-11(2)24-19-27-18(20(21,22)23)28-29(19)12(15)3/h5-6,9H,7-8H2,1-4H3,(H,25,30)(H,26,31). The average molecular weight is 434 g/mol. The van der Waals surface area contributed by atoms with E-state index in [-0.39, 0.29) is 30.4 Å². The van der Waals surface area contributed by atoms with E-state index in [1.54, 1.807) is 32.0 Å². The molecule has 0 unspecified atom stereocenters. The highest BCUT2D eigenvalue weighted by atomic mass is 19.4. The molecule has 1 aromatic carbocycles. The number of halogens is 3. The van der Waals surface area contributed by atoms with Crippen LogP contribution in [0.4, 0.5) is 24.5 Å². The normalized spacial score (nSPS) is 11.6. The van der Waals surface area contributed by atoms with Crippen LogP contribution in [0.15, 0.2) is 18.2 Å². The van der Waals surface area contributed by atoms with Crippen molar-refractivity contribution in [3.05, 3.63) is 46.5 Å². The molecule has 3 rings (SSSR count). The van der Waals surface area contributed by atoms with Crippen LogP contribution in [0, 0.1) is 20.8 Å². The number of carbonyl (C=O) groups is 2. The summed E-state index contributed by atoms with van der Waals surface area (Å²) < 4.78 is 39.7. The number of nitrogens with one attached hydrogen (secondary N) is 2. The molecular weight excluding hydrogens is 413 g/mol. The van der Waals surface area contributed by atoms with E-state index >= 15 is 0 Å². The maximum atomic E-state index is 12.9. The van der Waals surface area contributed by atoms with Crippen molar-refractivity contribution in [3.8, 4) is 0 Å². The van der Waals surface area contributed by atoms with Gasteiger partial charge in [-0.1, -0.05) is 6.07 Å². The first kappa shape index (κ1) is 22.2. The number of aromatic nitrogens is 4. The topological polar surface area (TPSA) is 101 Å². The Balaban J connectivity index is 1.75. The predicted octanol–water partition coefficient (Wildman–Crippen LogP) is 3.60. The quantitative estimate of drug-likeness (QED) is 0.639. The van der Waals surface area contributed by atoms with Crippen molar-refractivity contribution in [3.63, 3.8) is 0 Å². The van der Waals surface area contributed by atoms with Crippen molar-refractivity contribution >= 4 is 29.0 Å². The number of fused-ring (bicyclic) bond motifs is 1. The second-order valence-corrected chi connectivity index (χ2v) is 7.17. The van der Waals surface area contributed by atoms with Crippen molar-refractivity contribution in [1.82, 2.24) is 19.6 Å². The number of anilines is 2. The Hall–Kier alpha value is -3.50. The van der Waals surface area contributed by atoms with Crippen LogP contribution in [0.1, 0.15) is 41.7 Å². The number of benzene rings is 1. The molecule has 2 heterocycles. The van der Waals surface area contributed by atoms with Crippen LogP contribution >= 0.6 is 0 Å². The summed E-state index contributed by atoms with van der Waals surface area (Å²) in [5, 5.41) is 8.96. The van der Waals surface area contributed by atoms with E-state index in [1.165, 1.54) is 6.92 Å². The summed E-state index contributed by atoms with van der Waals surface area (Å²) in [6.45, 7) is 6.50. The summed E-state index contributed by atoms with van der Waals surface area (Å²) in [5.41, 5.74) is 3.53. The zero-order chi connectivity index (χ0) is 22.9. The minimum absolute atomic E-state index is 0.0824. The molecule has 3 aromatic rings. The lowest BCUT2D eigenvalue weighted by Crippen LogP contribution is -2.15. The smallest absolute Gasteiger partial charge is 0.326 e. The third kappa shape index (κ3) is 4.98. The summed E-state index contributed by atoms with van der Waals surface area (Å²) in [6.07, 6.45) is -4.32. The van der Waals surface area contributed by atoms with E-state index in [1.807, 2.05) is 6.92 Å². The highest BCUT2D eigenvalue weighted by Crippen LogP contribution is 2.27. The Bertz CT molecular complexity index is 1170. The minimum atomic E-state index is -4.67. The van der Waals surface area contributed by atoms with Crippen molar-refractivity contribution in [2.24, 2.45) is 0 Å². The zero-order valence-corrected chi connectivity index (χ0v) is 17.4. The molecule has 164 valence electrons. The van der Waals surface area contributed by atoms with Gasteiger partial charge in [0, 0.05) is 36.1 Å². The van der Waals surface area contributed by atoms with Crippen LogP contribution in [0.25, 0.3) is 5.78 Å². The van der Waals surface area contributed by atoms with Crippen molar-refractivity contribution in [2.75, 3.05) is 10.6 Å². The third-order valence-electron chi connectivity index (χ3n) is 4.74. The second kappa shape index (κ2) is 8.32. The number of amides is 2. The van der Waals surface area contributed by atoms with Gasteiger partial charge in [0.15, 0.2) is 0 Å². The van der Waals surface area contributed by atoms with Gasteiger partial charge >= 0.3 is 6.18 Å². The number of nitrogens with zero attached hydrogens (tertiary/aromatic N) is 4. The van der Waals surface area contributed by atoms with Gasteiger partial charge in [0.2, 0.25) is 11.8 Å². The van der Waals surface area contributed by atoms with E-state index in [0.29, 0.717) is 28.3 Å². The summed E-state index contributed by atoms with van der Waals surface area (Å²) in [7, 11) is 0. The van der Waals surface area contributed by atoms with E-state index < -0.39 is 12.0 Å². The Morgan fingerprint density at radius 2 is 1.81 bits per heavy atom. The van der Waals surface area contributed by atoms with Gasteiger partial charge in [0.05, 0.1) is 0 Å². The van der Waals surface area contributed by atoms with Gasteiger partial charge in [0.25, 0.3) is 11.6 Å². The van der Waals surface area contributed by atoms with Gasteiger partial charge in [-0.05, 0) is 50.5 Å². The monoisotopic (exact) mass is 434 g/mol. The van der Waals surface area contributed by atoms with Gasteiger partial charge in [-0.3, -0.25) is 9.59 Å². The lowest BCUT2D eigenvalue weighted by atomic mass is 10.1. The SMILES string of the molecule is CC(=O)Nc1cc(NC(=O)CCc2c(C)nc3nc(C(F)(F)F)nn3c2C)ccc1C. The van der Waals surface area contributed by atoms with Gasteiger partial charge in [-0.15, -0.1) is 5.10 Å². The van der Waals surface area contributed by atoms with Gasteiger partial charge in [-0.25, -0.2) is 9.50 Å². The number of alkyl halides is 3. The Morgan fingerprint density at radius 1 is 1.10 bits per heavy atom. The molecule has 0 aliphatic rings. The molecule has 31 heavy (non-hydrogen) atoms. The zero-order valence-electron chi connectivity index (χ0n) is 17.4. The summed E-state index contributed by atoms with van der Waals surface area (Å²) in [5.74, 6) is -1.90. The molecule has 0 spiro atoms. The lowest BCUT2D eigenvalue weighted by Gasteiger charge is -2.12. The fourth-order valence-corrected chi connectivity index (χ4v) is 3.18. The number of aryl methyl sites for hydroxylation is 3. The fourth-order valence-electron chi connectivity index (χ4n) is 3.18. The molecular formula is C20H21F3N6O2. The highest BCUT2D eigenvalue weighted by Gasteiger charge is 2.36. The molecule has 0 atom stereocenters. The molecule has 0 saturated carbocycles. The number of hydrogen-bond donors (Lipinski definition) is 2. The molecule has 0 saturated heterocycles. The Morgan fingerprint density at radius 3 is 2.45 bits per heavy atom. The molecule has 0 bridgehead atoms. The van der Waals surface area contributed by atoms with E-state index in [2.05, 4.69) is 25.7 Å². The van der Waals surface area contributed by atoms with Crippen molar-refractivity contribution in [2.45, 2.75) is 46.7 Å². The molecule has 0 aliphatic carbocycles. The fraction of sp³-hybridized carbons (Fsp3) is 0.350. The highest BCUT2D eigenvalue weighted by molar-refractivity contribution is 5.94. The van der Waals surface area contributed by atoms with E-state index in [4.69, 9.17) is 0 Å². The first-order chi connectivity index (χ1) is 14.5. The van der Waals surface area contributed by atoms with E-state index in [9.17, 15) is 22.8 Å². The first-order valence-corrected chi connectivity index (χ1v) is 9.44. The first-order valence-electron chi connectivity index (χ1n) is 9.44. The molecule has 0 aliphatic heterocycles. The maximum absolute atomic E-state index is 12.9. The molecule has 2 amide bonds. The van der Waals surface area contributed by atoms with Crippen LogP contribution in [-0.4, -0.2) is 31.4 Å². The summed E-state index contributed by atoms with van der Waals surface area (Å²) >= 11 is 0. The second-order valence-electron chi connectivity index (χ2n) is 7.17. The third-order valence-corrected chi connectivity index (χ3v) is 4.74. The average Bonchev–Trinajstić information content (AvgIpc) is 3.08. The van der Waals surface area contributed by atoms with Crippen LogP contribution in [0.3, 0.4) is 0 Å². The molecule has 2 N–H and O–H groups in total. The maximum Gasteiger partial charge on any atom is 0.453 e. The van der Waals surface area contributed by atoms with Crippen LogP contribution in [0.2, 0.25) is 0 Å². The van der Waals surface area contributed by atoms with Gasteiger partial charge < -0.3 is 10.6 Å². The predicted molar refractivity (Wildman–Crippen MR) is 108 cm³/mol. The van der Waals surface area contributed by atoms with Crippen molar-refractivity contribution in [1.29, 1.82) is 0 Å². The van der Waals surface area contributed by atoms with Crippen molar-refractivity contribution < 1.29 is 22.8 Å². The summed E-state index contributed by atoms with van der Waals surface area (Å²) in [6, 6.07) is 5.15. The summed E-state index contributed by atoms with van der Waals surface area (Å²) in [4.78, 5) is 31.3. The van der Waals surface area contributed by atoms with Gasteiger partial charge in [-0.2, -0.15) is 18.2 Å². The molecule has 2 aromatic heterocycles. The Kier molecular flexibility index (Phi) is 5.96. The Labute approximate surface area is 175 Å².